The number of ketones is 1. The third kappa shape index (κ3) is 4.03. The Kier molecular flexibility index (Phi) is 5.34. The van der Waals surface area contributed by atoms with Gasteiger partial charge in [0, 0.05) is 10.6 Å². The Hall–Kier alpha value is -1.42. The van der Waals surface area contributed by atoms with E-state index < -0.39 is 0 Å². The first kappa shape index (κ1) is 16.0. The molecule has 2 rings (SSSR count). The van der Waals surface area contributed by atoms with Crippen LogP contribution in [0.25, 0.3) is 0 Å². The normalized spacial score (nSPS) is 10.3. The minimum atomic E-state index is -0.217. The molecular weight excluding hydrogens is 335 g/mol. The molecule has 0 spiro atoms. The number of rotatable bonds is 5. The highest BCUT2D eigenvalue weighted by molar-refractivity contribution is 6.35. The van der Waals surface area contributed by atoms with E-state index in [1.807, 2.05) is 0 Å². The molecule has 21 heavy (non-hydrogen) atoms. The number of carbonyl (C=O) groups is 1. The predicted molar refractivity (Wildman–Crippen MR) is 84.3 cm³/mol. The van der Waals surface area contributed by atoms with E-state index in [1.165, 1.54) is 13.2 Å². The minimum Gasteiger partial charge on any atom is -0.495 e. The Morgan fingerprint density at radius 1 is 1.00 bits per heavy atom. The van der Waals surface area contributed by atoms with Crippen LogP contribution in [0.2, 0.25) is 15.1 Å². The Labute approximate surface area is 137 Å². The lowest BCUT2D eigenvalue weighted by molar-refractivity contribution is 0.0921. The molecule has 3 nitrogen and oxygen atoms in total. The van der Waals surface area contributed by atoms with Crippen molar-refractivity contribution in [2.24, 2.45) is 0 Å². The van der Waals surface area contributed by atoms with E-state index in [0.717, 1.165) is 0 Å². The van der Waals surface area contributed by atoms with Gasteiger partial charge in [0.1, 0.15) is 11.5 Å². The van der Waals surface area contributed by atoms with Crippen molar-refractivity contribution in [1.82, 2.24) is 0 Å². The number of halogens is 3. The maximum atomic E-state index is 12.1. The van der Waals surface area contributed by atoms with Crippen molar-refractivity contribution in [1.29, 1.82) is 0 Å². The first-order valence-electron chi connectivity index (χ1n) is 5.96. The van der Waals surface area contributed by atoms with Crippen molar-refractivity contribution in [2.45, 2.75) is 0 Å². The Bertz CT molecular complexity index is 671. The second-order valence-corrected chi connectivity index (χ2v) is 5.39. The Morgan fingerprint density at radius 2 is 1.67 bits per heavy atom. The largest absolute Gasteiger partial charge is 0.495 e. The number of hydrogen-bond donors (Lipinski definition) is 0. The third-order valence-electron chi connectivity index (χ3n) is 2.73. The maximum Gasteiger partial charge on any atom is 0.200 e. The maximum absolute atomic E-state index is 12.1. The molecule has 0 amide bonds. The van der Waals surface area contributed by atoms with Gasteiger partial charge in [-0.2, -0.15) is 0 Å². The lowest BCUT2D eigenvalue weighted by Crippen LogP contribution is -2.11. The Balaban J connectivity index is 2.06. The molecule has 0 aliphatic carbocycles. The highest BCUT2D eigenvalue weighted by Gasteiger charge is 2.11. The third-order valence-corrected chi connectivity index (χ3v) is 3.55. The van der Waals surface area contributed by atoms with Gasteiger partial charge in [-0.3, -0.25) is 4.79 Å². The van der Waals surface area contributed by atoms with Gasteiger partial charge in [0.15, 0.2) is 12.4 Å². The van der Waals surface area contributed by atoms with Crippen LogP contribution in [0.4, 0.5) is 0 Å². The van der Waals surface area contributed by atoms with Gasteiger partial charge in [-0.05, 0) is 36.4 Å². The van der Waals surface area contributed by atoms with E-state index in [9.17, 15) is 4.79 Å². The molecule has 2 aromatic rings. The van der Waals surface area contributed by atoms with E-state index in [1.54, 1.807) is 30.3 Å². The average Bonchev–Trinajstić information content (AvgIpc) is 2.46. The summed E-state index contributed by atoms with van der Waals surface area (Å²) in [4.78, 5) is 12.1. The summed E-state index contributed by atoms with van der Waals surface area (Å²) in [5.41, 5.74) is 0.436. The SMILES string of the molecule is COc1ccc(C(=O)COc2ccc(Cl)cc2Cl)cc1Cl. The van der Waals surface area contributed by atoms with Gasteiger partial charge in [-0.25, -0.2) is 0 Å². The molecule has 110 valence electrons. The molecule has 0 atom stereocenters. The van der Waals surface area contributed by atoms with Crippen molar-refractivity contribution < 1.29 is 14.3 Å². The molecular formula is C15H11Cl3O3. The lowest BCUT2D eigenvalue weighted by atomic mass is 10.1. The molecule has 0 fully saturated rings. The number of hydrogen-bond acceptors (Lipinski definition) is 3. The summed E-state index contributed by atoms with van der Waals surface area (Å²) in [5.74, 6) is 0.689. The van der Waals surface area contributed by atoms with Crippen LogP contribution < -0.4 is 9.47 Å². The summed E-state index contributed by atoms with van der Waals surface area (Å²) >= 11 is 17.7. The summed E-state index contributed by atoms with van der Waals surface area (Å²) in [6, 6.07) is 9.59. The second-order valence-electron chi connectivity index (χ2n) is 4.14. The van der Waals surface area contributed by atoms with Crippen molar-refractivity contribution in [3.05, 3.63) is 57.0 Å². The molecule has 2 aromatic carbocycles. The molecule has 0 heterocycles. The van der Waals surface area contributed by atoms with Crippen molar-refractivity contribution in [2.75, 3.05) is 13.7 Å². The fourth-order valence-electron chi connectivity index (χ4n) is 1.66. The number of carbonyl (C=O) groups excluding carboxylic acids is 1. The lowest BCUT2D eigenvalue weighted by Gasteiger charge is -2.09. The van der Waals surface area contributed by atoms with Gasteiger partial charge in [0.05, 0.1) is 17.2 Å². The zero-order valence-electron chi connectivity index (χ0n) is 11.0. The molecule has 0 saturated carbocycles. The van der Waals surface area contributed by atoms with Crippen LogP contribution in [0.1, 0.15) is 10.4 Å². The van der Waals surface area contributed by atoms with Gasteiger partial charge < -0.3 is 9.47 Å². The van der Waals surface area contributed by atoms with Crippen LogP contribution in [0.15, 0.2) is 36.4 Å². The van der Waals surface area contributed by atoms with E-state index in [4.69, 9.17) is 44.3 Å². The van der Waals surface area contributed by atoms with Gasteiger partial charge in [0.25, 0.3) is 0 Å². The fraction of sp³-hybridized carbons (Fsp3) is 0.133. The molecule has 0 unspecified atom stereocenters. The van der Waals surface area contributed by atoms with E-state index in [0.29, 0.717) is 32.1 Å². The first-order chi connectivity index (χ1) is 10.0. The topological polar surface area (TPSA) is 35.5 Å². The Morgan fingerprint density at radius 3 is 2.29 bits per heavy atom. The average molecular weight is 346 g/mol. The van der Waals surface area contributed by atoms with E-state index >= 15 is 0 Å². The second kappa shape index (κ2) is 7.03. The number of Topliss-reactive ketones (excluding diaryl/α,β-unsaturated/α-hetero) is 1. The minimum absolute atomic E-state index is 0.149. The van der Waals surface area contributed by atoms with Crippen LogP contribution in [0.5, 0.6) is 11.5 Å². The summed E-state index contributed by atoms with van der Waals surface area (Å²) in [5, 5.41) is 1.22. The van der Waals surface area contributed by atoms with Crippen molar-refractivity contribution >= 4 is 40.6 Å². The highest BCUT2D eigenvalue weighted by Crippen LogP contribution is 2.28. The fourth-order valence-corrected chi connectivity index (χ4v) is 2.38. The molecule has 0 N–H and O–H groups in total. The zero-order valence-corrected chi connectivity index (χ0v) is 13.3. The van der Waals surface area contributed by atoms with Crippen molar-refractivity contribution in [3.63, 3.8) is 0 Å². The van der Waals surface area contributed by atoms with Crippen LogP contribution in [0.3, 0.4) is 0 Å². The molecule has 0 aromatic heterocycles. The zero-order chi connectivity index (χ0) is 15.4. The monoisotopic (exact) mass is 344 g/mol. The highest BCUT2D eigenvalue weighted by atomic mass is 35.5. The smallest absolute Gasteiger partial charge is 0.200 e. The van der Waals surface area contributed by atoms with Crippen LogP contribution >= 0.6 is 34.8 Å². The molecule has 0 saturated heterocycles. The van der Waals surface area contributed by atoms with E-state index in [-0.39, 0.29) is 12.4 Å². The summed E-state index contributed by atoms with van der Waals surface area (Å²) in [6.07, 6.45) is 0. The molecule has 0 aliphatic rings. The van der Waals surface area contributed by atoms with Gasteiger partial charge in [0.2, 0.25) is 0 Å². The van der Waals surface area contributed by atoms with Gasteiger partial charge in [-0.1, -0.05) is 34.8 Å². The number of ether oxygens (including phenoxy) is 2. The van der Waals surface area contributed by atoms with Crippen LogP contribution in [-0.2, 0) is 0 Å². The summed E-state index contributed by atoms with van der Waals surface area (Å²) in [6.45, 7) is -0.149. The van der Waals surface area contributed by atoms with Gasteiger partial charge in [-0.15, -0.1) is 0 Å². The van der Waals surface area contributed by atoms with Crippen LogP contribution in [0, 0.1) is 0 Å². The quantitative estimate of drug-likeness (QED) is 0.722. The standard InChI is InChI=1S/C15H11Cl3O3/c1-20-14-4-2-9(6-11(14)17)13(19)8-21-15-5-3-10(16)7-12(15)18/h2-7H,8H2,1H3. The number of benzene rings is 2. The summed E-state index contributed by atoms with van der Waals surface area (Å²) < 4.78 is 10.4. The molecule has 0 radical (unpaired) electrons. The number of methoxy groups -OCH3 is 1. The molecule has 0 aliphatic heterocycles. The van der Waals surface area contributed by atoms with Gasteiger partial charge >= 0.3 is 0 Å². The first-order valence-corrected chi connectivity index (χ1v) is 7.09. The predicted octanol–water partition coefficient (Wildman–Crippen LogP) is 4.92. The van der Waals surface area contributed by atoms with Crippen molar-refractivity contribution in [3.8, 4) is 11.5 Å². The van der Waals surface area contributed by atoms with E-state index in [2.05, 4.69) is 0 Å². The van der Waals surface area contributed by atoms with Crippen LogP contribution in [-0.4, -0.2) is 19.5 Å². The molecule has 6 heteroatoms. The summed E-state index contributed by atoms with van der Waals surface area (Å²) in [7, 11) is 1.51. The molecule has 0 bridgehead atoms.